The average Bonchev–Trinajstić information content (AvgIpc) is 2.15. The van der Waals surface area contributed by atoms with Crippen LogP contribution in [0.2, 0.25) is 0 Å². The highest BCUT2D eigenvalue weighted by Gasteiger charge is 2.19. The van der Waals surface area contributed by atoms with Gasteiger partial charge in [0, 0.05) is 26.2 Å². The highest BCUT2D eigenvalue weighted by molar-refractivity contribution is 6.67. The molecule has 1 heterocycles. The number of nitrogens with zero attached hydrogens (tertiary/aromatic N) is 1. The predicted octanol–water partition coefficient (Wildman–Crippen LogP) is 1.70. The first-order chi connectivity index (χ1) is 6.63. The summed E-state index contributed by atoms with van der Waals surface area (Å²) in [6, 6.07) is 0. The van der Waals surface area contributed by atoms with Crippen LogP contribution in [0.25, 0.3) is 0 Å². The van der Waals surface area contributed by atoms with E-state index in [-0.39, 0.29) is 5.17 Å². The SMILES string of the molecule is CN/C(=C\C(=N)Cl)N1CCC(F)CC1. The fourth-order valence-corrected chi connectivity index (χ4v) is 1.63. The van der Waals surface area contributed by atoms with Crippen molar-refractivity contribution < 1.29 is 4.39 Å². The first-order valence-electron chi connectivity index (χ1n) is 4.66. The molecule has 0 aromatic rings. The Morgan fingerprint density at radius 1 is 1.57 bits per heavy atom. The van der Waals surface area contributed by atoms with Crippen LogP contribution >= 0.6 is 11.6 Å². The second-order valence-electron chi connectivity index (χ2n) is 3.29. The molecule has 14 heavy (non-hydrogen) atoms. The number of hydrogen-bond acceptors (Lipinski definition) is 3. The summed E-state index contributed by atoms with van der Waals surface area (Å²) in [7, 11) is 1.77. The number of nitrogens with one attached hydrogen (secondary N) is 2. The molecular weight excluding hydrogens is 205 g/mol. The van der Waals surface area contributed by atoms with Gasteiger partial charge in [0.05, 0.1) is 0 Å². The molecule has 0 bridgehead atoms. The highest BCUT2D eigenvalue weighted by atomic mass is 35.5. The van der Waals surface area contributed by atoms with Crippen LogP contribution in [0.5, 0.6) is 0 Å². The van der Waals surface area contributed by atoms with Gasteiger partial charge in [0.25, 0.3) is 0 Å². The van der Waals surface area contributed by atoms with E-state index in [2.05, 4.69) is 5.32 Å². The first kappa shape index (κ1) is 11.3. The second kappa shape index (κ2) is 5.20. The van der Waals surface area contributed by atoms with Crippen LogP contribution in [0.3, 0.4) is 0 Å². The van der Waals surface area contributed by atoms with E-state index >= 15 is 0 Å². The Bertz CT molecular complexity index is 234. The summed E-state index contributed by atoms with van der Waals surface area (Å²) in [5.74, 6) is 0.789. The molecule has 0 aromatic heterocycles. The Hall–Kier alpha value is -0.770. The van der Waals surface area contributed by atoms with Crippen LogP contribution in [0.1, 0.15) is 12.8 Å². The molecule has 0 unspecified atom stereocenters. The molecule has 0 aromatic carbocycles. The summed E-state index contributed by atoms with van der Waals surface area (Å²) in [6.45, 7) is 1.36. The van der Waals surface area contributed by atoms with Crippen molar-refractivity contribution in [3.63, 3.8) is 0 Å². The van der Waals surface area contributed by atoms with Gasteiger partial charge < -0.3 is 10.2 Å². The minimum Gasteiger partial charge on any atom is -0.375 e. The van der Waals surface area contributed by atoms with E-state index in [1.54, 1.807) is 13.1 Å². The molecule has 2 N–H and O–H groups in total. The highest BCUT2D eigenvalue weighted by Crippen LogP contribution is 2.16. The summed E-state index contributed by atoms with van der Waals surface area (Å²) < 4.78 is 12.9. The third kappa shape index (κ3) is 3.18. The Labute approximate surface area is 88.4 Å². The zero-order valence-corrected chi connectivity index (χ0v) is 8.94. The molecule has 1 saturated heterocycles. The lowest BCUT2D eigenvalue weighted by molar-refractivity contribution is 0.174. The molecule has 0 aliphatic carbocycles. The number of piperidine rings is 1. The molecule has 0 saturated carbocycles. The Kier molecular flexibility index (Phi) is 4.20. The van der Waals surface area contributed by atoms with Crippen molar-refractivity contribution >= 4 is 16.8 Å². The molecule has 1 rings (SSSR count). The van der Waals surface area contributed by atoms with Gasteiger partial charge in [-0.15, -0.1) is 0 Å². The fraction of sp³-hybridized carbons (Fsp3) is 0.667. The van der Waals surface area contributed by atoms with Crippen LogP contribution in [0, 0.1) is 5.41 Å². The zero-order valence-electron chi connectivity index (χ0n) is 8.19. The van der Waals surface area contributed by atoms with Crippen molar-refractivity contribution in [2.75, 3.05) is 20.1 Å². The third-order valence-corrected chi connectivity index (χ3v) is 2.39. The zero-order chi connectivity index (χ0) is 10.6. The van der Waals surface area contributed by atoms with Crippen molar-refractivity contribution in [2.24, 2.45) is 0 Å². The fourth-order valence-electron chi connectivity index (χ4n) is 1.53. The molecule has 5 heteroatoms. The van der Waals surface area contributed by atoms with Gasteiger partial charge >= 0.3 is 0 Å². The predicted molar refractivity (Wildman–Crippen MR) is 56.4 cm³/mol. The largest absolute Gasteiger partial charge is 0.375 e. The summed E-state index contributed by atoms with van der Waals surface area (Å²) in [6.07, 6.45) is 1.96. The minimum atomic E-state index is -0.681. The molecule has 1 aliphatic rings. The number of halogens is 2. The molecule has 3 nitrogen and oxygen atoms in total. The molecule has 0 amide bonds. The number of alkyl halides is 1. The van der Waals surface area contributed by atoms with Gasteiger partial charge in [0.1, 0.15) is 17.2 Å². The van der Waals surface area contributed by atoms with Crippen molar-refractivity contribution in [1.82, 2.24) is 10.2 Å². The number of rotatable bonds is 3. The van der Waals surface area contributed by atoms with Crippen LogP contribution < -0.4 is 5.32 Å². The number of allylic oxidation sites excluding steroid dienone is 1. The summed E-state index contributed by atoms with van der Waals surface area (Å²) in [4.78, 5) is 2.01. The maximum Gasteiger partial charge on any atom is 0.124 e. The molecule has 0 spiro atoms. The summed E-state index contributed by atoms with van der Waals surface area (Å²) >= 11 is 5.47. The standard InChI is InChI=1S/C9H15ClFN3/c1-13-9(6-8(10)12)14-4-2-7(11)3-5-14/h6-7,12-13H,2-5H2,1H3/b9-6+,12-8?. The van der Waals surface area contributed by atoms with Crippen molar-refractivity contribution in [3.05, 3.63) is 11.9 Å². The van der Waals surface area contributed by atoms with Crippen LogP contribution in [0.4, 0.5) is 4.39 Å². The van der Waals surface area contributed by atoms with Gasteiger partial charge in [-0.3, -0.25) is 5.41 Å². The molecule has 80 valence electrons. The lowest BCUT2D eigenvalue weighted by atomic mass is 10.1. The van der Waals surface area contributed by atoms with Gasteiger partial charge in [-0.1, -0.05) is 11.6 Å². The lowest BCUT2D eigenvalue weighted by Gasteiger charge is -2.32. The number of hydrogen-bond donors (Lipinski definition) is 2. The molecule has 0 atom stereocenters. The van der Waals surface area contributed by atoms with Crippen molar-refractivity contribution in [3.8, 4) is 0 Å². The molecular formula is C9H15ClFN3. The maximum absolute atomic E-state index is 12.9. The van der Waals surface area contributed by atoms with Gasteiger partial charge in [-0.05, 0) is 12.8 Å². The van der Waals surface area contributed by atoms with Gasteiger partial charge in [-0.25, -0.2) is 4.39 Å². The Morgan fingerprint density at radius 2 is 2.14 bits per heavy atom. The normalized spacial score (nSPS) is 19.6. The van der Waals surface area contributed by atoms with E-state index < -0.39 is 6.17 Å². The first-order valence-corrected chi connectivity index (χ1v) is 5.04. The van der Waals surface area contributed by atoms with E-state index in [4.69, 9.17) is 17.0 Å². The molecule has 1 fully saturated rings. The minimum absolute atomic E-state index is 0.0169. The topological polar surface area (TPSA) is 39.1 Å². The van der Waals surface area contributed by atoms with Crippen LogP contribution in [-0.2, 0) is 0 Å². The van der Waals surface area contributed by atoms with Crippen molar-refractivity contribution in [1.29, 1.82) is 5.41 Å². The third-order valence-electron chi connectivity index (χ3n) is 2.28. The quantitative estimate of drug-likeness (QED) is 0.710. The lowest BCUT2D eigenvalue weighted by Crippen LogP contribution is -2.38. The van der Waals surface area contributed by atoms with Crippen LogP contribution in [-0.4, -0.2) is 36.4 Å². The molecule has 0 radical (unpaired) electrons. The smallest absolute Gasteiger partial charge is 0.124 e. The van der Waals surface area contributed by atoms with Crippen LogP contribution in [0.15, 0.2) is 11.9 Å². The van der Waals surface area contributed by atoms with E-state index in [1.807, 2.05) is 4.90 Å². The Morgan fingerprint density at radius 3 is 2.57 bits per heavy atom. The van der Waals surface area contributed by atoms with Crippen molar-refractivity contribution in [2.45, 2.75) is 19.0 Å². The Balaban J connectivity index is 2.57. The average molecular weight is 220 g/mol. The summed E-state index contributed by atoms with van der Waals surface area (Å²) in [5, 5.41) is 10.1. The molecule has 1 aliphatic heterocycles. The van der Waals surface area contributed by atoms with Gasteiger partial charge in [-0.2, -0.15) is 0 Å². The monoisotopic (exact) mass is 219 g/mol. The number of likely N-dealkylation sites (tertiary alicyclic amines) is 1. The second-order valence-corrected chi connectivity index (χ2v) is 3.70. The van der Waals surface area contributed by atoms with E-state index in [0.29, 0.717) is 25.9 Å². The maximum atomic E-state index is 12.9. The van der Waals surface area contributed by atoms with Gasteiger partial charge in [0.2, 0.25) is 0 Å². The van der Waals surface area contributed by atoms with E-state index in [9.17, 15) is 4.39 Å². The summed E-state index contributed by atoms with van der Waals surface area (Å²) in [5.41, 5.74) is 0. The van der Waals surface area contributed by atoms with Gasteiger partial charge in [0.15, 0.2) is 0 Å². The van der Waals surface area contributed by atoms with E-state index in [1.165, 1.54) is 0 Å². The van der Waals surface area contributed by atoms with E-state index in [0.717, 1.165) is 5.82 Å².